The van der Waals surface area contributed by atoms with E-state index in [1.807, 2.05) is 0 Å². The summed E-state index contributed by atoms with van der Waals surface area (Å²) in [6, 6.07) is 6.81. The minimum absolute atomic E-state index is 0.0173. The second-order valence-electron chi connectivity index (χ2n) is 7.86. The molecule has 4 aromatic rings. The van der Waals surface area contributed by atoms with E-state index >= 15 is 0 Å². The Morgan fingerprint density at radius 2 is 1.81 bits per heavy atom. The molecule has 5 rings (SSSR count). The number of hydrogen-bond acceptors (Lipinski definition) is 5. The van der Waals surface area contributed by atoms with Crippen LogP contribution in [0.15, 0.2) is 49.1 Å². The van der Waals surface area contributed by atoms with Crippen molar-refractivity contribution in [1.82, 2.24) is 29.1 Å². The minimum atomic E-state index is -4.49. The van der Waals surface area contributed by atoms with Gasteiger partial charge in [-0.05, 0) is 43.9 Å². The van der Waals surface area contributed by atoms with Crippen LogP contribution in [-0.4, -0.2) is 41.7 Å². The standard InChI is InChI=1S/C21H20F3N7O/c22-21(23,24)16-12-31-17(3-1-4-18(31)29-16)27-13-5-7-14(8-6-13)28-19(32)15-11-26-20-25-9-2-10-30(15)20/h1-4,9-14,27H,5-8H2,(H,28,32)/t13-,14+. The molecule has 8 nitrogen and oxygen atoms in total. The zero-order valence-electron chi connectivity index (χ0n) is 16.9. The van der Waals surface area contributed by atoms with E-state index in [9.17, 15) is 18.0 Å². The summed E-state index contributed by atoms with van der Waals surface area (Å²) in [5, 5.41) is 6.39. The van der Waals surface area contributed by atoms with Crippen LogP contribution in [0.2, 0.25) is 0 Å². The van der Waals surface area contributed by atoms with E-state index in [1.165, 1.54) is 10.6 Å². The number of carbonyl (C=O) groups excluding carboxylic acids is 1. The highest BCUT2D eigenvalue weighted by atomic mass is 19.4. The van der Waals surface area contributed by atoms with E-state index in [1.54, 1.807) is 41.1 Å². The molecule has 0 atom stereocenters. The normalized spacial score (nSPS) is 19.3. The molecule has 1 aliphatic rings. The Bertz CT molecular complexity index is 1270. The molecule has 11 heteroatoms. The average molecular weight is 443 g/mol. The van der Waals surface area contributed by atoms with Crippen LogP contribution in [-0.2, 0) is 6.18 Å². The molecule has 1 fully saturated rings. The fraction of sp³-hybridized carbons (Fsp3) is 0.333. The van der Waals surface area contributed by atoms with Crippen molar-refractivity contribution in [2.24, 2.45) is 0 Å². The molecule has 4 aromatic heterocycles. The molecule has 0 radical (unpaired) electrons. The number of anilines is 1. The van der Waals surface area contributed by atoms with Crippen LogP contribution in [0.25, 0.3) is 11.4 Å². The average Bonchev–Trinajstić information content (AvgIpc) is 3.40. The van der Waals surface area contributed by atoms with Crippen LogP contribution >= 0.6 is 0 Å². The minimum Gasteiger partial charge on any atom is -0.368 e. The smallest absolute Gasteiger partial charge is 0.368 e. The van der Waals surface area contributed by atoms with Gasteiger partial charge in [-0.25, -0.2) is 15.0 Å². The summed E-state index contributed by atoms with van der Waals surface area (Å²) in [6.07, 6.45) is 4.45. The van der Waals surface area contributed by atoms with Gasteiger partial charge < -0.3 is 10.6 Å². The highest BCUT2D eigenvalue weighted by molar-refractivity contribution is 5.93. The van der Waals surface area contributed by atoms with E-state index in [0.29, 0.717) is 17.3 Å². The summed E-state index contributed by atoms with van der Waals surface area (Å²) < 4.78 is 42.1. The summed E-state index contributed by atoms with van der Waals surface area (Å²) in [6.45, 7) is 0. The van der Waals surface area contributed by atoms with Gasteiger partial charge in [0.05, 0.1) is 6.20 Å². The van der Waals surface area contributed by atoms with E-state index in [-0.39, 0.29) is 23.6 Å². The van der Waals surface area contributed by atoms with E-state index in [0.717, 1.165) is 31.9 Å². The Hall–Kier alpha value is -3.63. The first-order valence-corrected chi connectivity index (χ1v) is 10.3. The van der Waals surface area contributed by atoms with Crippen LogP contribution in [0.4, 0.5) is 19.0 Å². The fourth-order valence-electron chi connectivity index (χ4n) is 4.11. The molecular formula is C21H20F3N7O. The zero-order valence-corrected chi connectivity index (χ0v) is 16.9. The highest BCUT2D eigenvalue weighted by Gasteiger charge is 2.34. The number of imidazole rings is 2. The molecule has 0 spiro atoms. The van der Waals surface area contributed by atoms with Crippen molar-refractivity contribution in [2.75, 3.05) is 5.32 Å². The zero-order chi connectivity index (χ0) is 22.3. The van der Waals surface area contributed by atoms with Crippen molar-refractivity contribution in [3.05, 3.63) is 60.4 Å². The lowest BCUT2D eigenvalue weighted by Crippen LogP contribution is -2.40. The number of rotatable bonds is 4. The number of carbonyl (C=O) groups is 1. The van der Waals surface area contributed by atoms with Crippen molar-refractivity contribution in [1.29, 1.82) is 0 Å². The van der Waals surface area contributed by atoms with Gasteiger partial charge in [-0.15, -0.1) is 0 Å². The lowest BCUT2D eigenvalue weighted by atomic mass is 9.91. The van der Waals surface area contributed by atoms with Crippen molar-refractivity contribution < 1.29 is 18.0 Å². The van der Waals surface area contributed by atoms with Crippen LogP contribution in [0, 0.1) is 0 Å². The number of nitrogens with zero attached hydrogens (tertiary/aromatic N) is 5. The topological polar surface area (TPSA) is 88.6 Å². The molecule has 0 aliphatic heterocycles. The summed E-state index contributed by atoms with van der Waals surface area (Å²) in [5.41, 5.74) is -0.243. The molecule has 1 saturated carbocycles. The van der Waals surface area contributed by atoms with Crippen molar-refractivity contribution >= 4 is 23.1 Å². The number of amides is 1. The predicted molar refractivity (Wildman–Crippen MR) is 110 cm³/mol. The Morgan fingerprint density at radius 1 is 1.03 bits per heavy atom. The number of pyridine rings is 1. The summed E-state index contributed by atoms with van der Waals surface area (Å²) in [7, 11) is 0. The quantitative estimate of drug-likeness (QED) is 0.504. The van der Waals surface area contributed by atoms with E-state index in [4.69, 9.17) is 0 Å². The molecule has 0 bridgehead atoms. The van der Waals surface area contributed by atoms with Gasteiger partial charge >= 0.3 is 6.18 Å². The van der Waals surface area contributed by atoms with E-state index in [2.05, 4.69) is 25.6 Å². The second kappa shape index (κ2) is 7.81. The van der Waals surface area contributed by atoms with Gasteiger partial charge in [0, 0.05) is 30.7 Å². The maximum absolute atomic E-state index is 13.0. The highest BCUT2D eigenvalue weighted by Crippen LogP contribution is 2.30. The van der Waals surface area contributed by atoms with Crippen molar-refractivity contribution in [2.45, 2.75) is 43.9 Å². The van der Waals surface area contributed by atoms with Crippen LogP contribution in [0.3, 0.4) is 0 Å². The number of nitrogens with one attached hydrogen (secondary N) is 2. The number of fused-ring (bicyclic) bond motifs is 2. The molecule has 4 heterocycles. The predicted octanol–water partition coefficient (Wildman–Crippen LogP) is 3.55. The summed E-state index contributed by atoms with van der Waals surface area (Å²) in [4.78, 5) is 24.6. The summed E-state index contributed by atoms with van der Waals surface area (Å²) in [5.74, 6) is 0.828. The third-order valence-electron chi connectivity index (χ3n) is 5.72. The maximum atomic E-state index is 13.0. The Morgan fingerprint density at radius 3 is 2.59 bits per heavy atom. The first-order chi connectivity index (χ1) is 15.4. The molecular weight excluding hydrogens is 423 g/mol. The second-order valence-corrected chi connectivity index (χ2v) is 7.86. The maximum Gasteiger partial charge on any atom is 0.434 e. The molecule has 166 valence electrons. The van der Waals surface area contributed by atoms with Gasteiger partial charge in [-0.2, -0.15) is 13.2 Å². The van der Waals surface area contributed by atoms with Gasteiger partial charge in [-0.3, -0.25) is 13.6 Å². The molecule has 1 amide bonds. The molecule has 0 unspecified atom stereocenters. The molecule has 0 aromatic carbocycles. The molecule has 2 N–H and O–H groups in total. The Kier molecular flexibility index (Phi) is 4.95. The Balaban J connectivity index is 1.22. The third kappa shape index (κ3) is 3.85. The monoisotopic (exact) mass is 443 g/mol. The van der Waals surface area contributed by atoms with Gasteiger partial charge in [-0.1, -0.05) is 6.07 Å². The van der Waals surface area contributed by atoms with Crippen molar-refractivity contribution in [3.63, 3.8) is 0 Å². The number of hydrogen-bond donors (Lipinski definition) is 2. The van der Waals surface area contributed by atoms with Crippen LogP contribution in [0.5, 0.6) is 0 Å². The first-order valence-electron chi connectivity index (χ1n) is 10.3. The number of halogens is 3. The third-order valence-corrected chi connectivity index (χ3v) is 5.72. The lowest BCUT2D eigenvalue weighted by molar-refractivity contribution is -0.140. The van der Waals surface area contributed by atoms with Gasteiger partial charge in [0.25, 0.3) is 5.91 Å². The van der Waals surface area contributed by atoms with Crippen LogP contribution in [0.1, 0.15) is 41.9 Å². The fourth-order valence-corrected chi connectivity index (χ4v) is 4.11. The first kappa shape index (κ1) is 20.3. The Labute approximate surface area is 180 Å². The van der Waals surface area contributed by atoms with Gasteiger partial charge in [0.15, 0.2) is 5.69 Å². The van der Waals surface area contributed by atoms with Gasteiger partial charge in [0.2, 0.25) is 5.78 Å². The number of aromatic nitrogens is 5. The SMILES string of the molecule is O=C(N[C@H]1CC[C@@H](Nc2cccc3nc(C(F)(F)F)cn23)CC1)c1cnc2ncccn12. The lowest BCUT2D eigenvalue weighted by Gasteiger charge is -2.30. The molecule has 1 aliphatic carbocycles. The summed E-state index contributed by atoms with van der Waals surface area (Å²) >= 11 is 0. The molecule has 32 heavy (non-hydrogen) atoms. The van der Waals surface area contributed by atoms with Crippen LogP contribution < -0.4 is 10.6 Å². The van der Waals surface area contributed by atoms with E-state index < -0.39 is 11.9 Å². The molecule has 0 saturated heterocycles. The number of alkyl halides is 3. The van der Waals surface area contributed by atoms with Gasteiger partial charge in [0.1, 0.15) is 17.2 Å². The van der Waals surface area contributed by atoms with Crippen molar-refractivity contribution in [3.8, 4) is 0 Å². The largest absolute Gasteiger partial charge is 0.434 e.